The maximum Gasteiger partial charge on any atom is 0.170 e. The maximum atomic E-state index is 11.5. The summed E-state index contributed by atoms with van der Waals surface area (Å²) in [4.78, 5) is 22.7. The topological polar surface area (TPSA) is 57.9 Å². The van der Waals surface area contributed by atoms with E-state index in [1.807, 2.05) is 12.1 Å². The standard InChI is InChI=1S/C12H11NO2/c13-8-4-7-11(14)9-12(15)10-5-2-1-3-6-10/h1-3,5-6H,4,7,9H2. The first-order valence-corrected chi connectivity index (χ1v) is 4.71. The molecule has 0 aromatic heterocycles. The van der Waals surface area contributed by atoms with Gasteiger partial charge in [0.05, 0.1) is 12.5 Å². The third-order valence-corrected chi connectivity index (χ3v) is 1.97. The van der Waals surface area contributed by atoms with Gasteiger partial charge < -0.3 is 0 Å². The van der Waals surface area contributed by atoms with Crippen molar-refractivity contribution in [2.45, 2.75) is 19.3 Å². The van der Waals surface area contributed by atoms with E-state index in [0.717, 1.165) is 0 Å². The molecular formula is C12H11NO2. The van der Waals surface area contributed by atoms with Crippen LogP contribution in [0.4, 0.5) is 0 Å². The van der Waals surface area contributed by atoms with Crippen LogP contribution in [0, 0.1) is 11.3 Å². The SMILES string of the molecule is N#CCCC(=O)CC(=O)c1ccccc1. The van der Waals surface area contributed by atoms with Gasteiger partial charge in [0.1, 0.15) is 5.78 Å². The summed E-state index contributed by atoms with van der Waals surface area (Å²) in [6.45, 7) is 0. The van der Waals surface area contributed by atoms with Gasteiger partial charge in [-0.15, -0.1) is 0 Å². The second kappa shape index (κ2) is 5.71. The molecule has 0 N–H and O–H groups in total. The quantitative estimate of drug-likeness (QED) is 0.541. The normalized spacial score (nSPS) is 9.27. The smallest absolute Gasteiger partial charge is 0.170 e. The predicted octanol–water partition coefficient (Wildman–Crippen LogP) is 2.13. The zero-order valence-electron chi connectivity index (χ0n) is 8.27. The average Bonchev–Trinajstić information content (AvgIpc) is 2.27. The average molecular weight is 201 g/mol. The third-order valence-electron chi connectivity index (χ3n) is 1.97. The molecular weight excluding hydrogens is 190 g/mol. The van der Waals surface area contributed by atoms with Gasteiger partial charge in [-0.2, -0.15) is 5.26 Å². The minimum Gasteiger partial charge on any atom is -0.299 e. The number of nitrogens with zero attached hydrogens (tertiary/aromatic N) is 1. The number of carbonyl (C=O) groups is 2. The van der Waals surface area contributed by atoms with Crippen molar-refractivity contribution in [1.82, 2.24) is 0 Å². The zero-order valence-corrected chi connectivity index (χ0v) is 8.27. The lowest BCUT2D eigenvalue weighted by atomic mass is 10.0. The van der Waals surface area contributed by atoms with Gasteiger partial charge in [-0.25, -0.2) is 0 Å². The predicted molar refractivity (Wildman–Crippen MR) is 55.2 cm³/mol. The fraction of sp³-hybridized carbons (Fsp3) is 0.250. The van der Waals surface area contributed by atoms with E-state index in [9.17, 15) is 9.59 Å². The number of carbonyl (C=O) groups excluding carboxylic acids is 2. The van der Waals surface area contributed by atoms with Gasteiger partial charge in [-0.3, -0.25) is 9.59 Å². The first kappa shape index (κ1) is 11.1. The molecule has 1 rings (SSSR count). The number of benzene rings is 1. The number of hydrogen-bond acceptors (Lipinski definition) is 3. The Labute approximate surface area is 88.3 Å². The van der Waals surface area contributed by atoms with E-state index in [4.69, 9.17) is 5.26 Å². The van der Waals surface area contributed by atoms with E-state index >= 15 is 0 Å². The molecule has 1 aromatic rings. The zero-order chi connectivity index (χ0) is 11.1. The summed E-state index contributed by atoms with van der Waals surface area (Å²) >= 11 is 0. The molecule has 0 spiro atoms. The van der Waals surface area contributed by atoms with Gasteiger partial charge in [0.15, 0.2) is 5.78 Å². The van der Waals surface area contributed by atoms with Crippen molar-refractivity contribution in [3.63, 3.8) is 0 Å². The Kier molecular flexibility index (Phi) is 4.24. The molecule has 0 saturated heterocycles. The number of rotatable bonds is 5. The van der Waals surface area contributed by atoms with Gasteiger partial charge in [0.25, 0.3) is 0 Å². The summed E-state index contributed by atoms with van der Waals surface area (Å²) in [6, 6.07) is 10.6. The lowest BCUT2D eigenvalue weighted by molar-refractivity contribution is -0.118. The van der Waals surface area contributed by atoms with Crippen LogP contribution in [0.25, 0.3) is 0 Å². The van der Waals surface area contributed by atoms with Crippen LogP contribution in [0.5, 0.6) is 0 Å². The second-order valence-corrected chi connectivity index (χ2v) is 3.16. The molecule has 0 bridgehead atoms. The highest BCUT2D eigenvalue weighted by atomic mass is 16.1. The van der Waals surface area contributed by atoms with Crippen LogP contribution in [0.2, 0.25) is 0 Å². The van der Waals surface area contributed by atoms with Crippen molar-refractivity contribution in [2.24, 2.45) is 0 Å². The van der Waals surface area contributed by atoms with Gasteiger partial charge in [0.2, 0.25) is 0 Å². The molecule has 0 fully saturated rings. The Morgan fingerprint density at radius 3 is 2.47 bits per heavy atom. The number of Topliss-reactive ketones (excluding diaryl/α,β-unsaturated/α-hetero) is 2. The minimum atomic E-state index is -0.182. The molecule has 0 atom stereocenters. The van der Waals surface area contributed by atoms with Crippen molar-refractivity contribution in [2.75, 3.05) is 0 Å². The van der Waals surface area contributed by atoms with Crippen LogP contribution in [0.3, 0.4) is 0 Å². The molecule has 76 valence electrons. The number of nitriles is 1. The Hall–Kier alpha value is -1.95. The minimum absolute atomic E-state index is 0.105. The van der Waals surface area contributed by atoms with Crippen LogP contribution in [-0.2, 0) is 4.79 Å². The van der Waals surface area contributed by atoms with Gasteiger partial charge >= 0.3 is 0 Å². The molecule has 0 aliphatic rings. The Bertz CT molecular complexity index is 390. The van der Waals surface area contributed by atoms with E-state index in [1.54, 1.807) is 24.3 Å². The molecule has 0 unspecified atom stereocenters. The summed E-state index contributed by atoms with van der Waals surface area (Å²) in [7, 11) is 0. The van der Waals surface area contributed by atoms with Crippen LogP contribution >= 0.6 is 0 Å². The molecule has 15 heavy (non-hydrogen) atoms. The van der Waals surface area contributed by atoms with E-state index in [2.05, 4.69) is 0 Å². The van der Waals surface area contributed by atoms with Gasteiger partial charge in [0, 0.05) is 18.4 Å². The summed E-state index contributed by atoms with van der Waals surface area (Å²) in [6.07, 6.45) is 0.238. The van der Waals surface area contributed by atoms with Crippen molar-refractivity contribution in [1.29, 1.82) is 5.26 Å². The lowest BCUT2D eigenvalue weighted by Gasteiger charge is -1.98. The van der Waals surface area contributed by atoms with Crippen LogP contribution in [0.15, 0.2) is 30.3 Å². The summed E-state index contributed by atoms with van der Waals surface area (Å²) in [5.41, 5.74) is 0.544. The summed E-state index contributed by atoms with van der Waals surface area (Å²) < 4.78 is 0. The molecule has 0 saturated carbocycles. The Balaban J connectivity index is 2.50. The van der Waals surface area contributed by atoms with Crippen molar-refractivity contribution in [3.05, 3.63) is 35.9 Å². The number of hydrogen-bond donors (Lipinski definition) is 0. The van der Waals surface area contributed by atoms with Crippen molar-refractivity contribution in [3.8, 4) is 6.07 Å². The van der Waals surface area contributed by atoms with E-state index in [-0.39, 0.29) is 30.8 Å². The van der Waals surface area contributed by atoms with Crippen molar-refractivity contribution < 1.29 is 9.59 Å². The molecule has 0 aliphatic carbocycles. The molecule has 0 amide bonds. The highest BCUT2D eigenvalue weighted by Gasteiger charge is 2.10. The largest absolute Gasteiger partial charge is 0.299 e. The Morgan fingerprint density at radius 1 is 1.20 bits per heavy atom. The molecule has 3 heteroatoms. The second-order valence-electron chi connectivity index (χ2n) is 3.16. The van der Waals surface area contributed by atoms with Crippen LogP contribution in [-0.4, -0.2) is 11.6 Å². The fourth-order valence-corrected chi connectivity index (χ4v) is 1.19. The highest BCUT2D eigenvalue weighted by molar-refractivity contribution is 6.07. The first-order valence-electron chi connectivity index (χ1n) is 4.71. The van der Waals surface area contributed by atoms with Gasteiger partial charge in [-0.05, 0) is 0 Å². The van der Waals surface area contributed by atoms with E-state index in [1.165, 1.54) is 0 Å². The highest BCUT2D eigenvalue weighted by Crippen LogP contribution is 2.05. The molecule has 0 heterocycles. The molecule has 0 radical (unpaired) electrons. The summed E-state index contributed by atoms with van der Waals surface area (Å²) in [5.74, 6) is -0.357. The van der Waals surface area contributed by atoms with E-state index in [0.29, 0.717) is 5.56 Å². The molecule has 3 nitrogen and oxygen atoms in total. The maximum absolute atomic E-state index is 11.5. The van der Waals surface area contributed by atoms with Crippen molar-refractivity contribution >= 4 is 11.6 Å². The molecule has 0 aliphatic heterocycles. The molecule has 1 aromatic carbocycles. The number of ketones is 2. The lowest BCUT2D eigenvalue weighted by Crippen LogP contribution is -2.07. The monoisotopic (exact) mass is 201 g/mol. The van der Waals surface area contributed by atoms with E-state index < -0.39 is 0 Å². The first-order chi connectivity index (χ1) is 7.24. The van der Waals surface area contributed by atoms with Gasteiger partial charge in [-0.1, -0.05) is 30.3 Å². The fourth-order valence-electron chi connectivity index (χ4n) is 1.19. The summed E-state index contributed by atoms with van der Waals surface area (Å²) in [5, 5.41) is 8.28. The Morgan fingerprint density at radius 2 is 1.87 bits per heavy atom. The third kappa shape index (κ3) is 3.74. The van der Waals surface area contributed by atoms with Crippen LogP contribution < -0.4 is 0 Å². The van der Waals surface area contributed by atoms with Crippen LogP contribution in [0.1, 0.15) is 29.6 Å².